The third-order valence-electron chi connectivity index (χ3n) is 4.89. The number of ether oxygens (including phenoxy) is 1. The van der Waals surface area contributed by atoms with E-state index in [1.165, 1.54) is 0 Å². The smallest absolute Gasteiger partial charge is 0.417 e. The number of rotatable bonds is 3. The lowest BCUT2D eigenvalue weighted by Gasteiger charge is -2.11. The number of pyridine rings is 2. The number of nitrogens with zero attached hydrogens (tertiary/aromatic N) is 3. The molecule has 1 N–H and O–H groups in total. The highest BCUT2D eigenvalue weighted by Gasteiger charge is 2.21. The summed E-state index contributed by atoms with van der Waals surface area (Å²) in [6.07, 6.45) is 1.67. The van der Waals surface area contributed by atoms with E-state index in [1.807, 2.05) is 44.2 Å². The molecule has 0 aliphatic heterocycles. The molecular weight excluding hydrogens is 372 g/mol. The van der Waals surface area contributed by atoms with Gasteiger partial charge in [-0.3, -0.25) is 9.97 Å². The Kier molecular flexibility index (Phi) is 3.73. The van der Waals surface area contributed by atoms with Gasteiger partial charge in [-0.1, -0.05) is 11.2 Å². The summed E-state index contributed by atoms with van der Waals surface area (Å²) in [5.41, 5.74) is 5.07. The van der Waals surface area contributed by atoms with Crippen LogP contribution >= 0.6 is 0 Å². The quantitative estimate of drug-likeness (QED) is 0.497. The molecule has 0 amide bonds. The van der Waals surface area contributed by atoms with E-state index in [0.29, 0.717) is 44.9 Å². The van der Waals surface area contributed by atoms with Gasteiger partial charge in [0, 0.05) is 17.1 Å². The van der Waals surface area contributed by atoms with E-state index in [4.69, 9.17) is 18.7 Å². The number of benzene rings is 1. The van der Waals surface area contributed by atoms with Gasteiger partial charge in [-0.05, 0) is 38.1 Å². The molecule has 5 rings (SSSR count). The van der Waals surface area contributed by atoms with Crippen molar-refractivity contribution in [3.8, 4) is 28.3 Å². The minimum Gasteiger partial charge on any atom is -0.496 e. The highest BCUT2D eigenvalue weighted by molar-refractivity contribution is 6.08. The van der Waals surface area contributed by atoms with Gasteiger partial charge >= 0.3 is 5.76 Å². The van der Waals surface area contributed by atoms with E-state index in [9.17, 15) is 4.79 Å². The molecule has 4 heterocycles. The van der Waals surface area contributed by atoms with Gasteiger partial charge in [-0.15, -0.1) is 0 Å². The van der Waals surface area contributed by atoms with E-state index in [1.54, 1.807) is 13.3 Å². The first kappa shape index (κ1) is 17.2. The zero-order valence-electron chi connectivity index (χ0n) is 15.9. The van der Waals surface area contributed by atoms with Crippen molar-refractivity contribution in [3.05, 3.63) is 58.5 Å². The first-order valence-corrected chi connectivity index (χ1v) is 8.96. The van der Waals surface area contributed by atoms with Crippen molar-refractivity contribution < 1.29 is 13.7 Å². The number of aryl methyl sites for hydroxylation is 2. The Hall–Kier alpha value is -3.94. The second kappa shape index (κ2) is 6.30. The van der Waals surface area contributed by atoms with Crippen LogP contribution in [0, 0.1) is 13.8 Å². The van der Waals surface area contributed by atoms with Crippen molar-refractivity contribution in [2.75, 3.05) is 7.11 Å². The van der Waals surface area contributed by atoms with Crippen LogP contribution in [0.25, 0.3) is 44.5 Å². The fraction of sp³-hybridized carbons (Fsp3) is 0.143. The van der Waals surface area contributed by atoms with Gasteiger partial charge in [-0.25, -0.2) is 9.78 Å². The topological polar surface area (TPSA) is 107 Å². The molecule has 0 saturated carbocycles. The standard InChI is InChI=1S/C21H16N4O4/c1-10-17(11(2)29-25-10)13-8-15-12(9-16(13)27-3)18-20(28-21(26)24-18)19(23-15)14-6-4-5-7-22-14/h4-9H,1-3H3,(H,24,26). The predicted octanol–water partition coefficient (Wildman–Crippen LogP) is 4.01. The Bertz CT molecular complexity index is 1410. The van der Waals surface area contributed by atoms with E-state index >= 15 is 0 Å². The number of hydrogen-bond acceptors (Lipinski definition) is 7. The summed E-state index contributed by atoms with van der Waals surface area (Å²) in [5.74, 6) is 0.741. The van der Waals surface area contributed by atoms with Crippen molar-refractivity contribution in [2.45, 2.75) is 13.8 Å². The molecule has 1 aromatic carbocycles. The molecule has 0 saturated heterocycles. The monoisotopic (exact) mass is 388 g/mol. The van der Waals surface area contributed by atoms with Gasteiger partial charge in [0.05, 0.1) is 35.1 Å². The van der Waals surface area contributed by atoms with Crippen molar-refractivity contribution in [1.29, 1.82) is 0 Å². The average Bonchev–Trinajstić information content (AvgIpc) is 3.28. The van der Waals surface area contributed by atoms with E-state index in [-0.39, 0.29) is 0 Å². The summed E-state index contributed by atoms with van der Waals surface area (Å²) in [6, 6.07) is 9.22. The van der Waals surface area contributed by atoms with Gasteiger partial charge in [-0.2, -0.15) is 0 Å². The van der Waals surface area contributed by atoms with Gasteiger partial charge in [0.15, 0.2) is 5.58 Å². The fourth-order valence-corrected chi connectivity index (χ4v) is 3.63. The van der Waals surface area contributed by atoms with Crippen LogP contribution in [-0.2, 0) is 0 Å². The lowest BCUT2D eigenvalue weighted by molar-refractivity contribution is 0.393. The van der Waals surface area contributed by atoms with Crippen molar-refractivity contribution in [2.24, 2.45) is 0 Å². The molecular formula is C21H16N4O4. The second-order valence-corrected chi connectivity index (χ2v) is 6.66. The van der Waals surface area contributed by atoms with Crippen LogP contribution in [0.5, 0.6) is 5.75 Å². The number of H-pyrrole nitrogens is 1. The molecule has 4 aromatic heterocycles. The number of oxazole rings is 1. The lowest BCUT2D eigenvalue weighted by atomic mass is 10.00. The first-order chi connectivity index (χ1) is 14.1. The lowest BCUT2D eigenvalue weighted by Crippen LogP contribution is -1.95. The minimum absolute atomic E-state index is 0.355. The molecule has 0 fully saturated rings. The van der Waals surface area contributed by atoms with Crippen LogP contribution in [0.3, 0.4) is 0 Å². The summed E-state index contributed by atoms with van der Waals surface area (Å²) >= 11 is 0. The maximum atomic E-state index is 12.0. The molecule has 29 heavy (non-hydrogen) atoms. The number of methoxy groups -OCH3 is 1. The number of aromatic nitrogens is 4. The number of hydrogen-bond donors (Lipinski definition) is 1. The highest BCUT2D eigenvalue weighted by atomic mass is 16.5. The largest absolute Gasteiger partial charge is 0.496 e. The van der Waals surface area contributed by atoms with Gasteiger partial charge < -0.3 is 13.7 Å². The van der Waals surface area contributed by atoms with Crippen LogP contribution in [0.2, 0.25) is 0 Å². The van der Waals surface area contributed by atoms with Crippen molar-refractivity contribution >= 4 is 22.0 Å². The molecule has 8 heteroatoms. The zero-order chi connectivity index (χ0) is 20.1. The molecule has 0 spiro atoms. The number of aromatic amines is 1. The molecule has 5 aromatic rings. The normalized spacial score (nSPS) is 11.4. The third kappa shape index (κ3) is 2.60. The molecule has 0 aliphatic rings. The Morgan fingerprint density at radius 1 is 1.17 bits per heavy atom. The van der Waals surface area contributed by atoms with Gasteiger partial charge in [0.1, 0.15) is 17.2 Å². The fourth-order valence-electron chi connectivity index (χ4n) is 3.63. The van der Waals surface area contributed by atoms with Gasteiger partial charge in [0.25, 0.3) is 0 Å². The number of fused-ring (bicyclic) bond motifs is 3. The van der Waals surface area contributed by atoms with E-state index in [0.717, 1.165) is 16.8 Å². The summed E-state index contributed by atoms with van der Waals surface area (Å²) in [4.78, 5) is 23.9. The minimum atomic E-state index is -0.555. The highest BCUT2D eigenvalue weighted by Crippen LogP contribution is 2.39. The average molecular weight is 388 g/mol. The molecule has 8 nitrogen and oxygen atoms in total. The Labute approximate surface area is 164 Å². The summed E-state index contributed by atoms with van der Waals surface area (Å²) < 4.78 is 16.4. The van der Waals surface area contributed by atoms with Crippen LogP contribution < -0.4 is 10.5 Å². The summed E-state index contributed by atoms with van der Waals surface area (Å²) in [6.45, 7) is 3.72. The molecule has 144 valence electrons. The Balaban J connectivity index is 1.91. The first-order valence-electron chi connectivity index (χ1n) is 8.96. The SMILES string of the molecule is COc1cc2c(cc1-c1c(C)noc1C)nc(-c1ccccn1)c1oc(=O)[nH]c12. The Morgan fingerprint density at radius 3 is 2.72 bits per heavy atom. The Morgan fingerprint density at radius 2 is 2.03 bits per heavy atom. The summed E-state index contributed by atoms with van der Waals surface area (Å²) in [5, 5.41) is 4.75. The maximum absolute atomic E-state index is 12.0. The van der Waals surface area contributed by atoms with Crippen LogP contribution in [0.15, 0.2) is 50.3 Å². The van der Waals surface area contributed by atoms with E-state index < -0.39 is 5.76 Å². The van der Waals surface area contributed by atoms with Gasteiger partial charge in [0.2, 0.25) is 0 Å². The zero-order valence-corrected chi connectivity index (χ0v) is 15.9. The van der Waals surface area contributed by atoms with Crippen molar-refractivity contribution in [1.82, 2.24) is 20.1 Å². The second-order valence-electron chi connectivity index (χ2n) is 6.66. The van der Waals surface area contributed by atoms with Crippen LogP contribution in [-0.4, -0.2) is 27.2 Å². The predicted molar refractivity (Wildman–Crippen MR) is 107 cm³/mol. The van der Waals surface area contributed by atoms with Crippen LogP contribution in [0.4, 0.5) is 0 Å². The molecule has 0 atom stereocenters. The maximum Gasteiger partial charge on any atom is 0.417 e. The molecule has 0 bridgehead atoms. The molecule has 0 radical (unpaired) electrons. The number of nitrogens with one attached hydrogen (secondary N) is 1. The molecule has 0 aliphatic carbocycles. The van der Waals surface area contributed by atoms with Crippen molar-refractivity contribution in [3.63, 3.8) is 0 Å². The van der Waals surface area contributed by atoms with Crippen LogP contribution in [0.1, 0.15) is 11.5 Å². The third-order valence-corrected chi connectivity index (χ3v) is 4.89. The van der Waals surface area contributed by atoms with E-state index in [2.05, 4.69) is 15.1 Å². The molecule has 0 unspecified atom stereocenters. The summed E-state index contributed by atoms with van der Waals surface area (Å²) in [7, 11) is 1.59.